The highest BCUT2D eigenvalue weighted by molar-refractivity contribution is 5.28. The van der Waals surface area contributed by atoms with Gasteiger partial charge in [-0.15, -0.1) is 0 Å². The molecule has 1 unspecified atom stereocenters. The Balaban J connectivity index is 1.91. The summed E-state index contributed by atoms with van der Waals surface area (Å²) in [6.07, 6.45) is 7.64. The van der Waals surface area contributed by atoms with E-state index in [2.05, 4.69) is 27.2 Å². The van der Waals surface area contributed by atoms with Crippen LogP contribution in [0.15, 0.2) is 12.4 Å². The molecular formula is C12H20N4. The van der Waals surface area contributed by atoms with Gasteiger partial charge in [-0.25, -0.2) is 9.97 Å². The van der Waals surface area contributed by atoms with Crippen LogP contribution in [-0.4, -0.2) is 36.1 Å². The molecule has 2 heterocycles. The van der Waals surface area contributed by atoms with Gasteiger partial charge < -0.3 is 10.2 Å². The molecule has 16 heavy (non-hydrogen) atoms. The monoisotopic (exact) mass is 220 g/mol. The van der Waals surface area contributed by atoms with Gasteiger partial charge in [0.15, 0.2) is 0 Å². The van der Waals surface area contributed by atoms with Crippen molar-refractivity contribution in [2.24, 2.45) is 0 Å². The van der Waals surface area contributed by atoms with Crippen molar-refractivity contribution in [3.05, 3.63) is 18.0 Å². The number of aromatic nitrogens is 2. The topological polar surface area (TPSA) is 41.1 Å². The lowest BCUT2D eigenvalue weighted by Gasteiger charge is -2.28. The van der Waals surface area contributed by atoms with Crippen LogP contribution in [0.1, 0.15) is 24.8 Å². The van der Waals surface area contributed by atoms with Gasteiger partial charge in [-0.05, 0) is 31.9 Å². The number of hydrogen-bond donors (Lipinski definition) is 1. The Hall–Kier alpha value is -1.16. The highest BCUT2D eigenvalue weighted by Crippen LogP contribution is 2.11. The fourth-order valence-corrected chi connectivity index (χ4v) is 2.07. The molecule has 88 valence electrons. The minimum atomic E-state index is 0.587. The summed E-state index contributed by atoms with van der Waals surface area (Å²) in [4.78, 5) is 10.8. The fraction of sp³-hybridized carbons (Fsp3) is 0.667. The molecule has 1 saturated heterocycles. The molecule has 4 heteroatoms. The molecular weight excluding hydrogens is 200 g/mol. The fourth-order valence-electron chi connectivity index (χ4n) is 2.07. The van der Waals surface area contributed by atoms with E-state index in [1.165, 1.54) is 19.3 Å². The third kappa shape index (κ3) is 2.92. The lowest BCUT2D eigenvalue weighted by atomic mass is 10.0. The molecule has 0 bridgehead atoms. The van der Waals surface area contributed by atoms with Gasteiger partial charge in [-0.1, -0.05) is 6.42 Å². The first-order valence-corrected chi connectivity index (χ1v) is 5.99. The predicted molar refractivity (Wildman–Crippen MR) is 65.7 cm³/mol. The van der Waals surface area contributed by atoms with E-state index in [1.54, 1.807) is 0 Å². The van der Waals surface area contributed by atoms with Crippen molar-refractivity contribution in [3.63, 3.8) is 0 Å². The highest BCUT2D eigenvalue weighted by Gasteiger charge is 2.15. The Kier molecular flexibility index (Phi) is 3.72. The van der Waals surface area contributed by atoms with Crippen LogP contribution in [0.25, 0.3) is 0 Å². The van der Waals surface area contributed by atoms with Crippen LogP contribution in [0.5, 0.6) is 0 Å². The number of aryl methyl sites for hydroxylation is 1. The van der Waals surface area contributed by atoms with Crippen molar-refractivity contribution in [3.8, 4) is 0 Å². The van der Waals surface area contributed by atoms with Crippen molar-refractivity contribution in [2.45, 2.75) is 32.2 Å². The second kappa shape index (κ2) is 5.25. The van der Waals surface area contributed by atoms with E-state index in [0.29, 0.717) is 6.04 Å². The number of nitrogens with zero attached hydrogens (tertiary/aromatic N) is 3. The van der Waals surface area contributed by atoms with Crippen LogP contribution in [0.3, 0.4) is 0 Å². The second-order valence-corrected chi connectivity index (χ2v) is 4.59. The van der Waals surface area contributed by atoms with Crippen molar-refractivity contribution < 1.29 is 0 Å². The van der Waals surface area contributed by atoms with Crippen molar-refractivity contribution in [2.75, 3.05) is 25.0 Å². The molecule has 1 aliphatic heterocycles. The van der Waals surface area contributed by atoms with Crippen molar-refractivity contribution >= 4 is 5.95 Å². The predicted octanol–water partition coefficient (Wildman–Crippen LogP) is 1.36. The molecule has 1 atom stereocenters. The third-order valence-electron chi connectivity index (χ3n) is 3.02. The first-order chi connectivity index (χ1) is 7.75. The first kappa shape index (κ1) is 11.3. The number of piperidine rings is 1. The molecule has 1 N–H and O–H groups in total. The average Bonchev–Trinajstić information content (AvgIpc) is 2.31. The van der Waals surface area contributed by atoms with Crippen LogP contribution in [0.2, 0.25) is 0 Å². The van der Waals surface area contributed by atoms with E-state index < -0.39 is 0 Å². The normalized spacial score (nSPS) is 20.8. The lowest BCUT2D eigenvalue weighted by molar-refractivity contribution is 0.402. The summed E-state index contributed by atoms with van der Waals surface area (Å²) in [5.41, 5.74) is 1.10. The molecule has 1 aromatic heterocycles. The van der Waals surface area contributed by atoms with Crippen molar-refractivity contribution in [1.29, 1.82) is 0 Å². The van der Waals surface area contributed by atoms with Gasteiger partial charge in [-0.2, -0.15) is 0 Å². The summed E-state index contributed by atoms with van der Waals surface area (Å²) in [5, 5.41) is 3.53. The van der Waals surface area contributed by atoms with Crippen LogP contribution < -0.4 is 10.2 Å². The number of hydrogen-bond acceptors (Lipinski definition) is 4. The third-order valence-corrected chi connectivity index (χ3v) is 3.02. The molecule has 1 fully saturated rings. The molecule has 1 aliphatic rings. The zero-order chi connectivity index (χ0) is 11.4. The summed E-state index contributed by atoms with van der Waals surface area (Å²) in [7, 11) is 2.06. The summed E-state index contributed by atoms with van der Waals surface area (Å²) < 4.78 is 0. The van der Waals surface area contributed by atoms with Gasteiger partial charge in [-0.3, -0.25) is 0 Å². The summed E-state index contributed by atoms with van der Waals surface area (Å²) in [6, 6.07) is 0.587. The Morgan fingerprint density at radius 1 is 1.38 bits per heavy atom. The molecule has 0 spiro atoms. The maximum atomic E-state index is 4.33. The van der Waals surface area contributed by atoms with E-state index in [9.17, 15) is 0 Å². The van der Waals surface area contributed by atoms with Crippen LogP contribution in [-0.2, 0) is 0 Å². The Labute approximate surface area is 97.1 Å². The average molecular weight is 220 g/mol. The number of nitrogens with one attached hydrogen (secondary N) is 1. The standard InChI is InChI=1S/C12H20N4/c1-10-7-14-12(15-8-10)16(2)9-11-5-3-4-6-13-11/h7-8,11,13H,3-6,9H2,1-2H3. The largest absolute Gasteiger partial charge is 0.342 e. The Morgan fingerprint density at radius 2 is 2.12 bits per heavy atom. The van der Waals surface area contributed by atoms with Crippen LogP contribution >= 0.6 is 0 Å². The van der Waals surface area contributed by atoms with Gasteiger partial charge in [0.1, 0.15) is 0 Å². The Bertz CT molecular complexity index is 316. The van der Waals surface area contributed by atoms with Crippen LogP contribution in [0.4, 0.5) is 5.95 Å². The second-order valence-electron chi connectivity index (χ2n) is 4.59. The molecule has 2 rings (SSSR count). The molecule has 0 radical (unpaired) electrons. The SMILES string of the molecule is Cc1cnc(N(C)CC2CCCCN2)nc1. The first-order valence-electron chi connectivity index (χ1n) is 5.99. The van der Waals surface area contributed by atoms with E-state index in [1.807, 2.05) is 19.3 Å². The van der Waals surface area contributed by atoms with Gasteiger partial charge in [0.05, 0.1) is 0 Å². The molecule has 4 nitrogen and oxygen atoms in total. The molecule has 0 aliphatic carbocycles. The molecule has 1 aromatic rings. The van der Waals surface area contributed by atoms with Crippen molar-refractivity contribution in [1.82, 2.24) is 15.3 Å². The number of anilines is 1. The van der Waals surface area contributed by atoms with Gasteiger partial charge in [0.2, 0.25) is 5.95 Å². The van der Waals surface area contributed by atoms with Gasteiger partial charge >= 0.3 is 0 Å². The zero-order valence-electron chi connectivity index (χ0n) is 10.1. The number of likely N-dealkylation sites (N-methyl/N-ethyl adjacent to an activating group) is 1. The summed E-state index contributed by atoms with van der Waals surface area (Å²) >= 11 is 0. The smallest absolute Gasteiger partial charge is 0.225 e. The quantitative estimate of drug-likeness (QED) is 0.835. The lowest BCUT2D eigenvalue weighted by Crippen LogP contribution is -2.42. The van der Waals surface area contributed by atoms with Gasteiger partial charge in [0.25, 0.3) is 0 Å². The minimum Gasteiger partial charge on any atom is -0.342 e. The highest BCUT2D eigenvalue weighted by atomic mass is 15.2. The maximum absolute atomic E-state index is 4.33. The molecule has 0 saturated carbocycles. The van der Waals surface area contributed by atoms with E-state index in [0.717, 1.165) is 24.6 Å². The summed E-state index contributed by atoms with van der Waals surface area (Å²) in [6.45, 7) is 4.14. The number of rotatable bonds is 3. The van der Waals surface area contributed by atoms with E-state index in [-0.39, 0.29) is 0 Å². The summed E-state index contributed by atoms with van der Waals surface area (Å²) in [5.74, 6) is 0.818. The molecule has 0 amide bonds. The van der Waals surface area contributed by atoms with E-state index >= 15 is 0 Å². The maximum Gasteiger partial charge on any atom is 0.225 e. The van der Waals surface area contributed by atoms with Crippen LogP contribution in [0, 0.1) is 6.92 Å². The zero-order valence-corrected chi connectivity index (χ0v) is 10.1. The van der Waals surface area contributed by atoms with E-state index in [4.69, 9.17) is 0 Å². The van der Waals surface area contributed by atoms with Gasteiger partial charge in [0, 0.05) is 32.0 Å². The Morgan fingerprint density at radius 3 is 2.75 bits per heavy atom. The minimum absolute atomic E-state index is 0.587. The molecule has 0 aromatic carbocycles.